The van der Waals surface area contributed by atoms with E-state index in [1.165, 1.54) is 0 Å². The standard InChI is InChI=1S/C40H46O8/c1-5-6-36-37-27-46-26-32(37)21-31(19-20-45-23-28-7-13-33(42-2)14-8-28)39(47-24-29-9-15-34(43-3)16-10-29)22-38(41)40(36)48-25-30-11-17-35(44-4)18-12-30/h7-19,26-27,36,39-40H,5-6,20-25H2,1-4H3/b31-19-/t36-,39+,40-/m0/s1. The van der Waals surface area contributed by atoms with Crippen LogP contribution in [0.4, 0.5) is 0 Å². The monoisotopic (exact) mass is 654 g/mol. The second-order valence-electron chi connectivity index (χ2n) is 12.0. The third kappa shape index (κ3) is 9.37. The number of hydrogen-bond acceptors (Lipinski definition) is 8. The Balaban J connectivity index is 1.41. The van der Waals surface area contributed by atoms with Gasteiger partial charge in [-0.05, 0) is 82.6 Å². The van der Waals surface area contributed by atoms with Gasteiger partial charge < -0.3 is 32.8 Å². The Hall–Kier alpha value is -4.37. The maximum absolute atomic E-state index is 14.3. The van der Waals surface area contributed by atoms with Gasteiger partial charge in [-0.15, -0.1) is 0 Å². The summed E-state index contributed by atoms with van der Waals surface area (Å²) >= 11 is 0. The summed E-state index contributed by atoms with van der Waals surface area (Å²) in [6.07, 6.45) is 6.90. The van der Waals surface area contributed by atoms with Gasteiger partial charge >= 0.3 is 0 Å². The van der Waals surface area contributed by atoms with E-state index in [0.29, 0.717) is 32.8 Å². The smallest absolute Gasteiger partial charge is 0.165 e. The molecule has 0 amide bonds. The van der Waals surface area contributed by atoms with Gasteiger partial charge in [-0.1, -0.05) is 55.8 Å². The zero-order valence-electron chi connectivity index (χ0n) is 28.3. The van der Waals surface area contributed by atoms with Crippen LogP contribution in [0, 0.1) is 0 Å². The summed E-state index contributed by atoms with van der Waals surface area (Å²) in [7, 11) is 4.94. The lowest BCUT2D eigenvalue weighted by atomic mass is 9.86. The molecule has 0 bridgehead atoms. The largest absolute Gasteiger partial charge is 0.497 e. The Morgan fingerprint density at radius 2 is 1.27 bits per heavy atom. The van der Waals surface area contributed by atoms with E-state index in [9.17, 15) is 4.79 Å². The number of benzene rings is 3. The van der Waals surface area contributed by atoms with Crippen LogP contribution < -0.4 is 14.2 Å². The van der Waals surface area contributed by atoms with E-state index in [4.69, 9.17) is 32.8 Å². The van der Waals surface area contributed by atoms with Crippen molar-refractivity contribution >= 4 is 5.78 Å². The van der Waals surface area contributed by atoms with Gasteiger partial charge in [0.15, 0.2) is 5.78 Å². The van der Waals surface area contributed by atoms with Crippen LogP contribution in [0.3, 0.4) is 0 Å². The molecular weight excluding hydrogens is 608 g/mol. The number of hydrogen-bond donors (Lipinski definition) is 0. The molecule has 3 atom stereocenters. The summed E-state index contributed by atoms with van der Waals surface area (Å²) in [5.74, 6) is 2.20. The van der Waals surface area contributed by atoms with Crippen molar-refractivity contribution < 1.29 is 37.6 Å². The molecule has 1 aliphatic rings. The van der Waals surface area contributed by atoms with Crippen molar-refractivity contribution in [3.63, 3.8) is 0 Å². The zero-order chi connectivity index (χ0) is 33.7. The normalized spacial score (nSPS) is 18.9. The zero-order valence-corrected chi connectivity index (χ0v) is 28.3. The maximum Gasteiger partial charge on any atom is 0.165 e. The van der Waals surface area contributed by atoms with Gasteiger partial charge in [0.1, 0.15) is 23.4 Å². The SMILES string of the molecule is CCC[C@H]1c2cocc2C/C(=C/COCc2ccc(OC)cc2)[C@H](OCc2ccc(OC)cc2)CC(=O)[C@H]1OCc1ccc(OC)cc1. The molecule has 0 aliphatic heterocycles. The van der Waals surface area contributed by atoms with Crippen LogP contribution in [0.1, 0.15) is 59.9 Å². The van der Waals surface area contributed by atoms with E-state index in [2.05, 4.69) is 13.0 Å². The van der Waals surface area contributed by atoms with Crippen molar-refractivity contribution in [2.75, 3.05) is 27.9 Å². The van der Waals surface area contributed by atoms with Crippen LogP contribution in [0.5, 0.6) is 17.2 Å². The van der Waals surface area contributed by atoms with Crippen molar-refractivity contribution in [3.05, 3.63) is 125 Å². The van der Waals surface area contributed by atoms with Crippen molar-refractivity contribution in [2.45, 2.75) is 70.6 Å². The minimum Gasteiger partial charge on any atom is -0.497 e. The fraction of sp³-hybridized carbons (Fsp3) is 0.375. The highest BCUT2D eigenvalue weighted by atomic mass is 16.5. The average Bonchev–Trinajstić information content (AvgIpc) is 3.60. The predicted octanol–water partition coefficient (Wildman–Crippen LogP) is 8.02. The number of rotatable bonds is 15. The summed E-state index contributed by atoms with van der Waals surface area (Å²) < 4.78 is 40.9. The van der Waals surface area contributed by atoms with E-state index in [1.54, 1.807) is 33.9 Å². The average molecular weight is 655 g/mol. The number of Topliss-reactive ketones (excluding diaryl/α,β-unsaturated/α-hetero) is 1. The van der Waals surface area contributed by atoms with Gasteiger partial charge in [-0.3, -0.25) is 4.79 Å². The molecule has 0 N–H and O–H groups in total. The van der Waals surface area contributed by atoms with E-state index >= 15 is 0 Å². The summed E-state index contributed by atoms with van der Waals surface area (Å²) in [4.78, 5) is 14.3. The Morgan fingerprint density at radius 1 is 0.729 bits per heavy atom. The first-order valence-electron chi connectivity index (χ1n) is 16.5. The van der Waals surface area contributed by atoms with Gasteiger partial charge in [0.25, 0.3) is 0 Å². The maximum atomic E-state index is 14.3. The minimum atomic E-state index is -0.666. The van der Waals surface area contributed by atoms with Gasteiger partial charge in [0.2, 0.25) is 0 Å². The number of fused-ring (bicyclic) bond motifs is 1. The van der Waals surface area contributed by atoms with Crippen LogP contribution in [-0.4, -0.2) is 45.9 Å². The van der Waals surface area contributed by atoms with Crippen LogP contribution in [0.25, 0.3) is 0 Å². The molecule has 0 spiro atoms. The van der Waals surface area contributed by atoms with Gasteiger partial charge in [-0.25, -0.2) is 0 Å². The van der Waals surface area contributed by atoms with Crippen molar-refractivity contribution in [2.24, 2.45) is 0 Å². The molecule has 0 fully saturated rings. The topological polar surface area (TPSA) is 85.6 Å². The molecule has 0 saturated carbocycles. The van der Waals surface area contributed by atoms with Gasteiger partial charge in [-0.2, -0.15) is 0 Å². The van der Waals surface area contributed by atoms with Crippen LogP contribution >= 0.6 is 0 Å². The lowest BCUT2D eigenvalue weighted by Crippen LogP contribution is -2.34. The minimum absolute atomic E-state index is 0.000735. The Bertz CT molecular complexity index is 1590. The first kappa shape index (κ1) is 35.0. The molecule has 48 heavy (non-hydrogen) atoms. The first-order chi connectivity index (χ1) is 23.5. The molecule has 0 saturated heterocycles. The number of ketones is 1. The molecule has 5 rings (SSSR count). The number of carbonyl (C=O) groups is 1. The third-order valence-corrected chi connectivity index (χ3v) is 8.74. The molecule has 3 aromatic carbocycles. The van der Waals surface area contributed by atoms with E-state index < -0.39 is 12.2 Å². The number of carbonyl (C=O) groups excluding carboxylic acids is 1. The quantitative estimate of drug-likeness (QED) is 0.0942. The number of ether oxygens (including phenoxy) is 6. The van der Waals surface area contributed by atoms with E-state index in [1.807, 2.05) is 72.8 Å². The molecule has 0 radical (unpaired) electrons. The lowest BCUT2D eigenvalue weighted by Gasteiger charge is -2.27. The van der Waals surface area contributed by atoms with Gasteiger partial charge in [0.05, 0.1) is 66.4 Å². The fourth-order valence-corrected chi connectivity index (χ4v) is 6.04. The van der Waals surface area contributed by atoms with Crippen molar-refractivity contribution in [1.29, 1.82) is 0 Å². The summed E-state index contributed by atoms with van der Waals surface area (Å²) in [5.41, 5.74) is 6.00. The molecule has 8 nitrogen and oxygen atoms in total. The highest BCUT2D eigenvalue weighted by Gasteiger charge is 2.36. The highest BCUT2D eigenvalue weighted by molar-refractivity contribution is 5.85. The van der Waals surface area contributed by atoms with Gasteiger partial charge in [0, 0.05) is 12.3 Å². The van der Waals surface area contributed by atoms with Crippen LogP contribution in [0.15, 0.2) is 101 Å². The molecule has 8 heteroatoms. The van der Waals surface area contributed by atoms with Crippen LogP contribution in [0.2, 0.25) is 0 Å². The Kier molecular flexibility index (Phi) is 12.9. The van der Waals surface area contributed by atoms with Crippen molar-refractivity contribution in [1.82, 2.24) is 0 Å². The van der Waals surface area contributed by atoms with Crippen molar-refractivity contribution in [3.8, 4) is 17.2 Å². The Morgan fingerprint density at radius 3 is 1.81 bits per heavy atom. The Labute approximate surface area is 283 Å². The first-order valence-corrected chi connectivity index (χ1v) is 16.5. The molecule has 1 aliphatic carbocycles. The predicted molar refractivity (Wildman–Crippen MR) is 184 cm³/mol. The van der Waals surface area contributed by atoms with Crippen LogP contribution in [-0.2, 0) is 45.2 Å². The number of furan rings is 1. The molecule has 1 aromatic heterocycles. The molecule has 0 unspecified atom stereocenters. The molecule has 1 heterocycles. The summed E-state index contributed by atoms with van der Waals surface area (Å²) in [6.45, 7) is 3.57. The van der Waals surface area contributed by atoms with E-state index in [-0.39, 0.29) is 18.1 Å². The molecular formula is C40H46O8. The lowest BCUT2D eigenvalue weighted by molar-refractivity contribution is -0.135. The second-order valence-corrected chi connectivity index (χ2v) is 12.0. The summed E-state index contributed by atoms with van der Waals surface area (Å²) in [5, 5.41) is 0. The summed E-state index contributed by atoms with van der Waals surface area (Å²) in [6, 6.07) is 23.3. The van der Waals surface area contributed by atoms with E-state index in [0.717, 1.165) is 63.5 Å². The number of methoxy groups -OCH3 is 3. The molecule has 4 aromatic rings. The highest BCUT2D eigenvalue weighted by Crippen LogP contribution is 2.36. The molecule has 254 valence electrons. The second kappa shape index (κ2) is 17.7. The third-order valence-electron chi connectivity index (χ3n) is 8.74. The fourth-order valence-electron chi connectivity index (χ4n) is 6.04.